The number of nitrogens with one attached hydrogen (secondary N) is 1. The van der Waals surface area contributed by atoms with Crippen molar-refractivity contribution < 1.29 is 24.2 Å². The third-order valence-electron chi connectivity index (χ3n) is 3.96. The molecule has 4 N–H and O–H groups in total. The Labute approximate surface area is 154 Å². The van der Waals surface area contributed by atoms with Gasteiger partial charge in [-0.25, -0.2) is 9.78 Å². The van der Waals surface area contributed by atoms with E-state index in [-0.39, 0.29) is 23.7 Å². The summed E-state index contributed by atoms with van der Waals surface area (Å²) in [7, 11) is 0. The molecule has 2 heterocycles. The number of benzene rings is 1. The highest BCUT2D eigenvalue weighted by atomic mass is 16.5. The average Bonchev–Trinajstić information content (AvgIpc) is 2.60. The van der Waals surface area contributed by atoms with Crippen LogP contribution in [0, 0.1) is 0 Å². The van der Waals surface area contributed by atoms with Crippen LogP contribution >= 0.6 is 0 Å². The predicted octanol–water partition coefficient (Wildman–Crippen LogP) is 1.50. The van der Waals surface area contributed by atoms with Crippen molar-refractivity contribution in [2.24, 2.45) is 0 Å². The van der Waals surface area contributed by atoms with Gasteiger partial charge in [0.1, 0.15) is 12.4 Å². The molecule has 0 fully saturated rings. The molecule has 0 unspecified atom stereocenters. The van der Waals surface area contributed by atoms with Gasteiger partial charge in [0.25, 0.3) is 5.91 Å². The maximum atomic E-state index is 12.7. The van der Waals surface area contributed by atoms with Gasteiger partial charge in [-0.15, -0.1) is 0 Å². The zero-order valence-electron chi connectivity index (χ0n) is 14.7. The third kappa shape index (κ3) is 3.66. The summed E-state index contributed by atoms with van der Waals surface area (Å²) < 4.78 is 5.66. The van der Waals surface area contributed by atoms with Gasteiger partial charge in [-0.05, 0) is 50.2 Å². The molecule has 2 aromatic rings. The molecular weight excluding hydrogens is 352 g/mol. The number of nitrogens with zero attached hydrogens (tertiary/aromatic N) is 2. The molecule has 0 radical (unpaired) electrons. The smallest absolute Gasteiger partial charge is 0.335 e. The monoisotopic (exact) mass is 370 g/mol. The maximum absolute atomic E-state index is 12.7. The molecule has 1 aliphatic rings. The van der Waals surface area contributed by atoms with E-state index in [9.17, 15) is 14.4 Å². The highest BCUT2D eigenvalue weighted by Crippen LogP contribution is 2.36. The average molecular weight is 370 g/mol. The summed E-state index contributed by atoms with van der Waals surface area (Å²) in [6, 6.07) is 8.83. The number of hydrogen-bond donors (Lipinski definition) is 3. The normalized spacial score (nSPS) is 14.9. The number of nitrogens with two attached hydrogens (primary N) is 1. The topological polar surface area (TPSA) is 135 Å². The minimum absolute atomic E-state index is 0.103. The van der Waals surface area contributed by atoms with Gasteiger partial charge < -0.3 is 20.9 Å². The third-order valence-corrected chi connectivity index (χ3v) is 3.96. The molecule has 0 saturated carbocycles. The lowest BCUT2D eigenvalue weighted by Gasteiger charge is -2.37. The van der Waals surface area contributed by atoms with Crippen LogP contribution in [0.4, 0.5) is 17.3 Å². The molecule has 9 nitrogen and oxygen atoms in total. The summed E-state index contributed by atoms with van der Waals surface area (Å²) in [6.07, 6.45) is 0. The quantitative estimate of drug-likeness (QED) is 0.742. The number of hydrogen-bond acceptors (Lipinski definition) is 6. The van der Waals surface area contributed by atoms with E-state index in [2.05, 4.69) is 10.3 Å². The Kier molecular flexibility index (Phi) is 4.44. The number of carbonyl (C=O) groups is 3. The second kappa shape index (κ2) is 6.60. The molecule has 0 spiro atoms. The van der Waals surface area contributed by atoms with E-state index >= 15 is 0 Å². The first-order chi connectivity index (χ1) is 12.7. The highest BCUT2D eigenvalue weighted by molar-refractivity contribution is 6.07. The van der Waals surface area contributed by atoms with Crippen LogP contribution in [0.5, 0.6) is 5.75 Å². The van der Waals surface area contributed by atoms with Crippen molar-refractivity contribution in [3.63, 3.8) is 0 Å². The SMILES string of the molecule is CC1(C)Oc2ccc(N)nc2N(CC(=O)Nc2ccc(C(=O)O)cc2)C1=O. The fraction of sp³-hybridized carbons (Fsp3) is 0.222. The molecule has 2 amide bonds. The van der Waals surface area contributed by atoms with Gasteiger partial charge in [0.2, 0.25) is 5.91 Å². The molecule has 1 aromatic heterocycles. The van der Waals surface area contributed by atoms with Crippen LogP contribution in [0.2, 0.25) is 0 Å². The summed E-state index contributed by atoms with van der Waals surface area (Å²) in [4.78, 5) is 41.3. The van der Waals surface area contributed by atoms with Gasteiger partial charge >= 0.3 is 5.97 Å². The fourth-order valence-corrected chi connectivity index (χ4v) is 2.65. The second-order valence-corrected chi connectivity index (χ2v) is 6.49. The molecular formula is C18H18N4O5. The first kappa shape index (κ1) is 18.2. The van der Waals surface area contributed by atoms with E-state index in [1.165, 1.54) is 29.2 Å². The molecule has 27 heavy (non-hydrogen) atoms. The molecule has 0 atom stereocenters. The van der Waals surface area contributed by atoms with Gasteiger partial charge in [-0.2, -0.15) is 0 Å². The number of ether oxygens (including phenoxy) is 1. The lowest BCUT2D eigenvalue weighted by Crippen LogP contribution is -2.54. The van der Waals surface area contributed by atoms with Crippen LogP contribution in [-0.2, 0) is 9.59 Å². The molecule has 0 aliphatic carbocycles. The Bertz CT molecular complexity index is 924. The van der Waals surface area contributed by atoms with Crippen molar-refractivity contribution in [2.75, 3.05) is 22.5 Å². The first-order valence-electron chi connectivity index (χ1n) is 8.08. The van der Waals surface area contributed by atoms with E-state index < -0.39 is 23.4 Å². The number of anilines is 3. The number of carboxylic acids is 1. The molecule has 3 rings (SSSR count). The highest BCUT2D eigenvalue weighted by Gasteiger charge is 2.42. The van der Waals surface area contributed by atoms with Crippen molar-refractivity contribution in [3.05, 3.63) is 42.0 Å². The fourth-order valence-electron chi connectivity index (χ4n) is 2.65. The zero-order chi connectivity index (χ0) is 19.8. The molecule has 0 saturated heterocycles. The Morgan fingerprint density at radius 1 is 1.22 bits per heavy atom. The lowest BCUT2D eigenvalue weighted by atomic mass is 10.1. The molecule has 9 heteroatoms. The van der Waals surface area contributed by atoms with Gasteiger partial charge in [0.05, 0.1) is 5.56 Å². The molecule has 0 bridgehead atoms. The van der Waals surface area contributed by atoms with Crippen molar-refractivity contribution in [3.8, 4) is 5.75 Å². The summed E-state index contributed by atoms with van der Waals surface area (Å²) in [5.74, 6) is -1.24. The first-order valence-corrected chi connectivity index (χ1v) is 8.08. The number of carboxylic acid groups (broad SMARTS) is 1. The van der Waals surface area contributed by atoms with Gasteiger partial charge in [0.15, 0.2) is 17.2 Å². The number of rotatable bonds is 4. The summed E-state index contributed by atoms with van der Waals surface area (Å²) in [5, 5.41) is 11.5. The van der Waals surface area contributed by atoms with E-state index in [1.54, 1.807) is 26.0 Å². The van der Waals surface area contributed by atoms with Gasteiger partial charge in [-0.1, -0.05) is 0 Å². The van der Waals surface area contributed by atoms with Crippen LogP contribution in [-0.4, -0.2) is 40.0 Å². The number of fused-ring (bicyclic) bond motifs is 1. The van der Waals surface area contributed by atoms with Crippen molar-refractivity contribution >= 4 is 35.1 Å². The van der Waals surface area contributed by atoms with E-state index in [1.807, 2.05) is 0 Å². The molecule has 1 aromatic carbocycles. The summed E-state index contributed by atoms with van der Waals surface area (Å²) >= 11 is 0. The second-order valence-electron chi connectivity index (χ2n) is 6.49. The Morgan fingerprint density at radius 3 is 2.52 bits per heavy atom. The van der Waals surface area contributed by atoms with E-state index in [0.29, 0.717) is 11.4 Å². The van der Waals surface area contributed by atoms with Crippen molar-refractivity contribution in [1.82, 2.24) is 4.98 Å². The maximum Gasteiger partial charge on any atom is 0.335 e. The minimum Gasteiger partial charge on any atom is -0.478 e. The van der Waals surface area contributed by atoms with Crippen molar-refractivity contribution in [2.45, 2.75) is 19.4 Å². The molecule has 140 valence electrons. The Balaban J connectivity index is 1.81. The lowest BCUT2D eigenvalue weighted by molar-refractivity contribution is -0.133. The Hall–Kier alpha value is -3.62. The number of carbonyl (C=O) groups excluding carboxylic acids is 2. The van der Waals surface area contributed by atoms with Crippen LogP contribution in [0.3, 0.4) is 0 Å². The van der Waals surface area contributed by atoms with Gasteiger partial charge in [-0.3, -0.25) is 14.5 Å². The van der Waals surface area contributed by atoms with Gasteiger partial charge in [0, 0.05) is 5.69 Å². The summed E-state index contributed by atoms with van der Waals surface area (Å²) in [6.45, 7) is 2.91. The number of aromatic carboxylic acids is 1. The molecule has 1 aliphatic heterocycles. The van der Waals surface area contributed by atoms with Crippen LogP contribution in [0.15, 0.2) is 36.4 Å². The standard InChI is InChI=1S/C18H18N4O5/c1-18(2)17(26)22(15-12(27-18)7-8-13(19)21-15)9-14(23)20-11-5-3-10(4-6-11)16(24)25/h3-8H,9H2,1-2H3,(H2,19,21)(H,20,23)(H,24,25). The number of pyridine rings is 1. The summed E-state index contributed by atoms with van der Waals surface area (Å²) in [5.41, 5.74) is 5.05. The number of aromatic nitrogens is 1. The predicted molar refractivity (Wildman–Crippen MR) is 97.7 cm³/mol. The zero-order valence-corrected chi connectivity index (χ0v) is 14.7. The Morgan fingerprint density at radius 2 is 1.89 bits per heavy atom. The van der Waals surface area contributed by atoms with Crippen LogP contribution in [0.25, 0.3) is 0 Å². The van der Waals surface area contributed by atoms with Crippen molar-refractivity contribution in [1.29, 1.82) is 0 Å². The largest absolute Gasteiger partial charge is 0.478 e. The number of amides is 2. The number of nitrogen functional groups attached to an aromatic ring is 1. The van der Waals surface area contributed by atoms with E-state index in [4.69, 9.17) is 15.6 Å². The van der Waals surface area contributed by atoms with Crippen LogP contribution in [0.1, 0.15) is 24.2 Å². The van der Waals surface area contributed by atoms with E-state index in [0.717, 1.165) is 0 Å². The minimum atomic E-state index is -1.16. The van der Waals surface area contributed by atoms with Crippen LogP contribution < -0.4 is 20.7 Å².